The maximum atomic E-state index is 15.4. The molecule has 0 radical (unpaired) electrons. The summed E-state index contributed by atoms with van der Waals surface area (Å²) in [5, 5.41) is 9.80. The molecule has 0 atom stereocenters. The fraction of sp³-hybridized carbons (Fsp3) is 0.273. The van der Waals surface area contributed by atoms with E-state index < -0.39 is 17.5 Å². The van der Waals surface area contributed by atoms with Crippen molar-refractivity contribution in [2.45, 2.75) is 6.54 Å². The van der Waals surface area contributed by atoms with Crippen molar-refractivity contribution >= 4 is 16.9 Å². The smallest absolute Gasteiger partial charge is 0.175 e. The molecule has 1 fully saturated rings. The van der Waals surface area contributed by atoms with E-state index >= 15 is 4.39 Å². The van der Waals surface area contributed by atoms with Gasteiger partial charge in [0.05, 0.1) is 25.0 Å². The Hall–Kier alpha value is -3.57. The van der Waals surface area contributed by atoms with Crippen molar-refractivity contribution in [3.63, 3.8) is 0 Å². The summed E-state index contributed by atoms with van der Waals surface area (Å²) in [6, 6.07) is 3.95. The van der Waals surface area contributed by atoms with Crippen LogP contribution < -0.4 is 10.2 Å². The lowest BCUT2D eigenvalue weighted by atomic mass is 10.1. The molecular weight excluding hydrogens is 435 g/mol. The lowest BCUT2D eigenvalue weighted by Crippen LogP contribution is -2.37. The average molecular weight is 455 g/mol. The third-order valence-electron chi connectivity index (χ3n) is 5.44. The number of fused-ring (bicyclic) bond motifs is 1. The summed E-state index contributed by atoms with van der Waals surface area (Å²) in [6.45, 7) is 2.31. The summed E-state index contributed by atoms with van der Waals surface area (Å²) >= 11 is 0. The highest BCUT2D eigenvalue weighted by molar-refractivity contribution is 5.90. The Bertz CT molecular complexity index is 1300. The fourth-order valence-corrected chi connectivity index (χ4v) is 3.88. The number of benzene rings is 1. The maximum absolute atomic E-state index is 15.4. The van der Waals surface area contributed by atoms with Gasteiger partial charge in [-0.3, -0.25) is 5.10 Å². The van der Waals surface area contributed by atoms with Gasteiger partial charge in [-0.15, -0.1) is 0 Å². The van der Waals surface area contributed by atoms with Gasteiger partial charge in [0, 0.05) is 31.4 Å². The number of ether oxygens (including phenoxy) is 1. The van der Waals surface area contributed by atoms with Gasteiger partial charge in [-0.05, 0) is 30.8 Å². The van der Waals surface area contributed by atoms with E-state index in [2.05, 4.69) is 30.5 Å². The van der Waals surface area contributed by atoms with E-state index in [1.165, 1.54) is 30.6 Å². The molecule has 33 heavy (non-hydrogen) atoms. The maximum Gasteiger partial charge on any atom is 0.175 e. The van der Waals surface area contributed by atoms with Crippen LogP contribution in [0.2, 0.25) is 0 Å². The molecule has 170 valence electrons. The largest absolute Gasteiger partial charge is 0.378 e. The number of halogens is 3. The minimum absolute atomic E-state index is 0.154. The molecule has 0 amide bonds. The van der Waals surface area contributed by atoms with Crippen LogP contribution in [0.15, 0.2) is 30.6 Å². The molecule has 0 spiro atoms. The van der Waals surface area contributed by atoms with E-state index in [1.54, 1.807) is 11.9 Å². The van der Waals surface area contributed by atoms with Crippen LogP contribution >= 0.6 is 0 Å². The Morgan fingerprint density at radius 1 is 1.12 bits per heavy atom. The van der Waals surface area contributed by atoms with Crippen LogP contribution in [0.1, 0.15) is 5.56 Å². The number of nitrogens with one attached hydrogen (secondary N) is 2. The van der Waals surface area contributed by atoms with Gasteiger partial charge in [-0.2, -0.15) is 5.10 Å². The Kier molecular flexibility index (Phi) is 5.65. The normalized spacial score (nSPS) is 14.2. The van der Waals surface area contributed by atoms with Crippen LogP contribution in [0.5, 0.6) is 0 Å². The van der Waals surface area contributed by atoms with E-state index in [0.717, 1.165) is 0 Å². The average Bonchev–Trinajstić information content (AvgIpc) is 3.23. The summed E-state index contributed by atoms with van der Waals surface area (Å²) < 4.78 is 50.2. The number of anilines is 1. The third-order valence-corrected chi connectivity index (χ3v) is 5.44. The van der Waals surface area contributed by atoms with Crippen molar-refractivity contribution in [3.05, 3.63) is 53.6 Å². The van der Waals surface area contributed by atoms with Gasteiger partial charge in [0.1, 0.15) is 28.4 Å². The van der Waals surface area contributed by atoms with E-state index in [4.69, 9.17) is 4.74 Å². The zero-order valence-electron chi connectivity index (χ0n) is 17.7. The molecule has 1 saturated heterocycles. The zero-order valence-corrected chi connectivity index (χ0v) is 17.7. The van der Waals surface area contributed by atoms with E-state index in [1.807, 2.05) is 0 Å². The highest BCUT2D eigenvalue weighted by Crippen LogP contribution is 2.32. The number of aromatic amines is 1. The summed E-state index contributed by atoms with van der Waals surface area (Å²) in [6.07, 6.45) is 2.86. The molecular formula is C22H20F3N7O. The van der Waals surface area contributed by atoms with Crippen molar-refractivity contribution in [1.82, 2.24) is 30.5 Å². The standard InChI is InChI=1S/C22H20F3N7O/c1-26-10-12-8-14(23)17(15(24)9-12)21-28-11-16-20(29-21)19(31-30-16)13-2-3-27-22(18(13)25)32-4-6-33-7-5-32/h2-3,8-9,11,26H,4-7,10H2,1H3,(H,30,31). The summed E-state index contributed by atoms with van der Waals surface area (Å²) in [5.74, 6) is -2.08. The molecule has 11 heteroatoms. The number of hydrogen-bond donors (Lipinski definition) is 2. The van der Waals surface area contributed by atoms with Gasteiger partial charge >= 0.3 is 0 Å². The predicted molar refractivity (Wildman–Crippen MR) is 116 cm³/mol. The minimum atomic E-state index is -0.783. The lowest BCUT2D eigenvalue weighted by Gasteiger charge is -2.28. The van der Waals surface area contributed by atoms with Gasteiger partial charge in [-0.1, -0.05) is 0 Å². The second kappa shape index (κ2) is 8.75. The van der Waals surface area contributed by atoms with Gasteiger partial charge in [0.15, 0.2) is 17.5 Å². The van der Waals surface area contributed by atoms with Crippen LogP contribution in [-0.4, -0.2) is 58.5 Å². The monoisotopic (exact) mass is 455 g/mol. The molecule has 2 N–H and O–H groups in total. The quantitative estimate of drug-likeness (QED) is 0.478. The highest BCUT2D eigenvalue weighted by Gasteiger charge is 2.23. The first-order valence-corrected chi connectivity index (χ1v) is 10.4. The molecule has 0 unspecified atom stereocenters. The Morgan fingerprint density at radius 3 is 2.61 bits per heavy atom. The molecule has 1 aliphatic rings. The molecule has 1 aliphatic heterocycles. The second-order valence-corrected chi connectivity index (χ2v) is 7.59. The molecule has 8 nitrogen and oxygen atoms in total. The number of nitrogens with zero attached hydrogens (tertiary/aromatic N) is 5. The number of hydrogen-bond acceptors (Lipinski definition) is 7. The molecule has 4 heterocycles. The highest BCUT2D eigenvalue weighted by atomic mass is 19.1. The van der Waals surface area contributed by atoms with E-state index in [9.17, 15) is 8.78 Å². The second-order valence-electron chi connectivity index (χ2n) is 7.59. The summed E-state index contributed by atoms with van der Waals surface area (Å²) in [4.78, 5) is 14.4. The van der Waals surface area contributed by atoms with Crippen LogP contribution in [0, 0.1) is 17.5 Å². The van der Waals surface area contributed by atoms with Crippen LogP contribution in [0.3, 0.4) is 0 Å². The van der Waals surface area contributed by atoms with E-state index in [0.29, 0.717) is 43.9 Å². The SMILES string of the molecule is CNCc1cc(F)c(-c2ncc3[nH]nc(-c4ccnc(N5CCOCC5)c4F)c3n2)c(F)c1. The topological polar surface area (TPSA) is 91.9 Å². The first-order valence-electron chi connectivity index (χ1n) is 10.4. The number of rotatable bonds is 5. The zero-order chi connectivity index (χ0) is 22.9. The van der Waals surface area contributed by atoms with Crippen molar-refractivity contribution < 1.29 is 17.9 Å². The Morgan fingerprint density at radius 2 is 1.88 bits per heavy atom. The number of H-pyrrole nitrogens is 1. The summed E-state index contributed by atoms with van der Waals surface area (Å²) in [7, 11) is 1.68. The minimum Gasteiger partial charge on any atom is -0.378 e. The van der Waals surface area contributed by atoms with E-state index in [-0.39, 0.29) is 34.0 Å². The fourth-order valence-electron chi connectivity index (χ4n) is 3.88. The lowest BCUT2D eigenvalue weighted by molar-refractivity contribution is 0.122. The van der Waals surface area contributed by atoms with Gasteiger partial charge in [-0.25, -0.2) is 28.1 Å². The van der Waals surface area contributed by atoms with Crippen molar-refractivity contribution in [2.24, 2.45) is 0 Å². The van der Waals surface area contributed by atoms with Crippen LogP contribution in [0.4, 0.5) is 19.0 Å². The number of pyridine rings is 1. The van der Waals surface area contributed by atoms with Gasteiger partial charge < -0.3 is 15.0 Å². The first-order chi connectivity index (χ1) is 16.1. The molecule has 5 rings (SSSR count). The Labute approximate surface area is 186 Å². The van der Waals surface area contributed by atoms with Gasteiger partial charge in [0.2, 0.25) is 0 Å². The van der Waals surface area contributed by atoms with Crippen LogP contribution in [-0.2, 0) is 11.3 Å². The van der Waals surface area contributed by atoms with Gasteiger partial charge in [0.25, 0.3) is 0 Å². The Balaban J connectivity index is 1.60. The van der Waals surface area contributed by atoms with Crippen molar-refractivity contribution in [3.8, 4) is 22.6 Å². The number of morpholine rings is 1. The molecule has 0 saturated carbocycles. The molecule has 1 aromatic carbocycles. The predicted octanol–water partition coefficient (Wildman–Crippen LogP) is 3.06. The number of aromatic nitrogens is 5. The third kappa shape index (κ3) is 3.89. The van der Waals surface area contributed by atoms with Crippen molar-refractivity contribution in [2.75, 3.05) is 38.3 Å². The molecule has 0 bridgehead atoms. The molecule has 0 aliphatic carbocycles. The first kappa shape index (κ1) is 21.3. The van der Waals surface area contributed by atoms with Crippen molar-refractivity contribution in [1.29, 1.82) is 0 Å². The molecule has 3 aromatic heterocycles. The molecule has 4 aromatic rings. The summed E-state index contributed by atoms with van der Waals surface area (Å²) in [5.41, 5.74) is 1.13. The van der Waals surface area contributed by atoms with Crippen LogP contribution in [0.25, 0.3) is 33.7 Å².